The van der Waals surface area contributed by atoms with Gasteiger partial charge in [0.1, 0.15) is 6.10 Å². The van der Waals surface area contributed by atoms with Crippen LogP contribution in [-0.2, 0) is 14.8 Å². The van der Waals surface area contributed by atoms with E-state index >= 15 is 0 Å². The summed E-state index contributed by atoms with van der Waals surface area (Å²) in [6, 6.07) is 2.06. The highest BCUT2D eigenvalue weighted by molar-refractivity contribution is 7.88. The molecule has 2 atom stereocenters. The van der Waals surface area contributed by atoms with E-state index in [1.807, 2.05) is 0 Å². The third-order valence-electron chi connectivity index (χ3n) is 3.96. The molecule has 0 amide bonds. The van der Waals surface area contributed by atoms with Crippen LogP contribution in [0.3, 0.4) is 0 Å². The zero-order valence-electron chi connectivity index (χ0n) is 11.9. The summed E-state index contributed by atoms with van der Waals surface area (Å²) in [5.41, 5.74) is -0.430. The monoisotopic (exact) mass is 313 g/mol. The van der Waals surface area contributed by atoms with Crippen LogP contribution in [0.25, 0.3) is 0 Å². The van der Waals surface area contributed by atoms with E-state index in [4.69, 9.17) is 9.47 Å². The van der Waals surface area contributed by atoms with E-state index in [0.717, 1.165) is 12.8 Å². The topological polar surface area (TPSA) is 81.6 Å². The summed E-state index contributed by atoms with van der Waals surface area (Å²) in [4.78, 5) is 8.07. The molecule has 0 radical (unpaired) electrons. The molecule has 1 aromatic rings. The summed E-state index contributed by atoms with van der Waals surface area (Å²) in [5, 5.41) is 0. The van der Waals surface area contributed by atoms with Crippen molar-refractivity contribution in [2.75, 3.05) is 26.0 Å². The third kappa shape index (κ3) is 3.33. The van der Waals surface area contributed by atoms with Crippen molar-refractivity contribution in [1.82, 2.24) is 14.3 Å². The fourth-order valence-electron chi connectivity index (χ4n) is 3.00. The van der Waals surface area contributed by atoms with Gasteiger partial charge in [-0.3, -0.25) is 0 Å². The SMILES string of the molecule is CS(=O)(=O)N1CCC[C@]2(C[C@H](Oc3ncccn3)CO2)C1. The number of hydrogen-bond acceptors (Lipinski definition) is 6. The molecule has 3 heterocycles. The maximum absolute atomic E-state index is 11.7. The molecular formula is C13H19N3O4S. The van der Waals surface area contributed by atoms with Crippen molar-refractivity contribution in [2.24, 2.45) is 0 Å². The zero-order valence-corrected chi connectivity index (χ0v) is 12.8. The molecule has 8 heteroatoms. The Morgan fingerprint density at radius 3 is 2.90 bits per heavy atom. The van der Waals surface area contributed by atoms with E-state index in [0.29, 0.717) is 32.1 Å². The number of piperidine rings is 1. The molecule has 0 aromatic carbocycles. The Kier molecular flexibility index (Phi) is 3.85. The highest BCUT2D eigenvalue weighted by Crippen LogP contribution is 2.36. The van der Waals surface area contributed by atoms with Crippen LogP contribution in [0.1, 0.15) is 19.3 Å². The van der Waals surface area contributed by atoms with Gasteiger partial charge >= 0.3 is 6.01 Å². The highest BCUT2D eigenvalue weighted by Gasteiger charge is 2.46. The number of rotatable bonds is 3. The number of hydrogen-bond donors (Lipinski definition) is 0. The Bertz CT molecular complexity index is 595. The van der Waals surface area contributed by atoms with Crippen LogP contribution in [0, 0.1) is 0 Å². The van der Waals surface area contributed by atoms with Crippen LogP contribution in [0.4, 0.5) is 0 Å². The molecule has 0 saturated carbocycles. The predicted molar refractivity (Wildman–Crippen MR) is 75.4 cm³/mol. The van der Waals surface area contributed by atoms with Crippen molar-refractivity contribution in [1.29, 1.82) is 0 Å². The van der Waals surface area contributed by atoms with Crippen molar-refractivity contribution >= 4 is 10.0 Å². The first-order chi connectivity index (χ1) is 9.97. The smallest absolute Gasteiger partial charge is 0.316 e. The van der Waals surface area contributed by atoms with Gasteiger partial charge in [-0.05, 0) is 18.9 Å². The van der Waals surface area contributed by atoms with Gasteiger partial charge in [0, 0.05) is 31.9 Å². The predicted octanol–water partition coefficient (Wildman–Crippen LogP) is 0.438. The second-order valence-corrected chi connectivity index (χ2v) is 7.65. The molecule has 0 aliphatic carbocycles. The van der Waals surface area contributed by atoms with Crippen LogP contribution in [0.2, 0.25) is 0 Å². The molecule has 7 nitrogen and oxygen atoms in total. The van der Waals surface area contributed by atoms with Crippen molar-refractivity contribution in [3.63, 3.8) is 0 Å². The van der Waals surface area contributed by atoms with Crippen LogP contribution in [0.5, 0.6) is 6.01 Å². The highest BCUT2D eigenvalue weighted by atomic mass is 32.2. The first-order valence-corrected chi connectivity index (χ1v) is 8.84. The third-order valence-corrected chi connectivity index (χ3v) is 5.21. The second kappa shape index (κ2) is 5.51. The molecule has 116 valence electrons. The molecule has 2 aliphatic rings. The van der Waals surface area contributed by atoms with Crippen molar-refractivity contribution in [3.05, 3.63) is 18.5 Å². The minimum Gasteiger partial charge on any atom is -0.458 e. The lowest BCUT2D eigenvalue weighted by Gasteiger charge is -2.38. The molecule has 2 saturated heterocycles. The fourth-order valence-corrected chi connectivity index (χ4v) is 3.93. The average Bonchev–Trinajstić information content (AvgIpc) is 2.81. The van der Waals surface area contributed by atoms with Gasteiger partial charge in [0.05, 0.1) is 18.5 Å². The molecule has 0 unspecified atom stereocenters. The van der Waals surface area contributed by atoms with Crippen LogP contribution >= 0.6 is 0 Å². The van der Waals surface area contributed by atoms with Gasteiger partial charge in [0.2, 0.25) is 10.0 Å². The number of ether oxygens (including phenoxy) is 2. The molecule has 1 spiro atoms. The van der Waals surface area contributed by atoms with Crippen LogP contribution in [-0.4, -0.2) is 60.3 Å². The van der Waals surface area contributed by atoms with E-state index in [-0.39, 0.29) is 6.10 Å². The minimum absolute atomic E-state index is 0.132. The standard InChI is InChI=1S/C13H19N3O4S/c1-21(17,18)16-7-2-4-13(10-16)8-11(9-19-13)20-12-14-5-3-6-15-12/h3,5-6,11H,2,4,7-10H2,1H3/t11-,13-/m0/s1. The minimum atomic E-state index is -3.18. The Morgan fingerprint density at radius 2 is 2.19 bits per heavy atom. The lowest BCUT2D eigenvalue weighted by atomic mass is 9.90. The van der Waals surface area contributed by atoms with E-state index in [2.05, 4.69) is 9.97 Å². The summed E-state index contributed by atoms with van der Waals surface area (Å²) < 4.78 is 36.5. The Balaban J connectivity index is 1.65. The first-order valence-electron chi connectivity index (χ1n) is 7.00. The summed E-state index contributed by atoms with van der Waals surface area (Å²) in [7, 11) is -3.18. The first kappa shape index (κ1) is 14.7. The van der Waals surface area contributed by atoms with Crippen molar-refractivity contribution < 1.29 is 17.9 Å². The van der Waals surface area contributed by atoms with E-state index in [1.54, 1.807) is 18.5 Å². The number of aromatic nitrogens is 2. The largest absolute Gasteiger partial charge is 0.458 e. The Hall–Kier alpha value is -1.25. The summed E-state index contributed by atoms with van der Waals surface area (Å²) in [5.74, 6) is 0. The number of sulfonamides is 1. The molecule has 3 rings (SSSR count). The maximum Gasteiger partial charge on any atom is 0.316 e. The van der Waals surface area contributed by atoms with Crippen molar-refractivity contribution in [3.8, 4) is 6.01 Å². The second-order valence-electron chi connectivity index (χ2n) is 5.67. The summed E-state index contributed by atoms with van der Waals surface area (Å²) in [6.45, 7) is 1.41. The van der Waals surface area contributed by atoms with Gasteiger partial charge in [0.15, 0.2) is 0 Å². The number of nitrogens with zero attached hydrogens (tertiary/aromatic N) is 3. The van der Waals surface area contributed by atoms with E-state index < -0.39 is 15.6 Å². The van der Waals surface area contributed by atoms with Gasteiger partial charge in [0.25, 0.3) is 0 Å². The molecular weight excluding hydrogens is 294 g/mol. The normalized spacial score (nSPS) is 30.6. The van der Waals surface area contributed by atoms with Crippen LogP contribution < -0.4 is 4.74 Å². The van der Waals surface area contributed by atoms with Gasteiger partial charge in [-0.1, -0.05) is 0 Å². The average molecular weight is 313 g/mol. The van der Waals surface area contributed by atoms with Gasteiger partial charge < -0.3 is 9.47 Å². The Morgan fingerprint density at radius 1 is 1.43 bits per heavy atom. The molecule has 0 bridgehead atoms. The van der Waals surface area contributed by atoms with Gasteiger partial charge in [-0.15, -0.1) is 0 Å². The van der Waals surface area contributed by atoms with E-state index in [9.17, 15) is 8.42 Å². The maximum atomic E-state index is 11.7. The molecule has 21 heavy (non-hydrogen) atoms. The van der Waals surface area contributed by atoms with Crippen molar-refractivity contribution in [2.45, 2.75) is 31.0 Å². The molecule has 1 aromatic heterocycles. The van der Waals surface area contributed by atoms with Crippen LogP contribution in [0.15, 0.2) is 18.5 Å². The molecule has 2 fully saturated rings. The lowest BCUT2D eigenvalue weighted by molar-refractivity contribution is -0.0338. The summed E-state index contributed by atoms with van der Waals surface area (Å²) in [6.07, 6.45) is 6.69. The molecule has 2 aliphatic heterocycles. The summed E-state index contributed by atoms with van der Waals surface area (Å²) >= 11 is 0. The Labute approximate surface area is 124 Å². The molecule has 0 N–H and O–H groups in total. The van der Waals surface area contributed by atoms with Gasteiger partial charge in [-0.2, -0.15) is 4.31 Å². The zero-order chi connectivity index (χ0) is 14.9. The lowest BCUT2D eigenvalue weighted by Crippen LogP contribution is -2.49. The fraction of sp³-hybridized carbons (Fsp3) is 0.692. The van der Waals surface area contributed by atoms with Gasteiger partial charge in [-0.25, -0.2) is 18.4 Å². The van der Waals surface area contributed by atoms with E-state index in [1.165, 1.54) is 10.6 Å². The quantitative estimate of drug-likeness (QED) is 0.805.